The van der Waals surface area contributed by atoms with Gasteiger partial charge in [-0.15, -0.1) is 0 Å². The molecule has 0 fully saturated rings. The predicted molar refractivity (Wildman–Crippen MR) is 126 cm³/mol. The van der Waals surface area contributed by atoms with E-state index in [1.54, 1.807) is 6.07 Å². The summed E-state index contributed by atoms with van der Waals surface area (Å²) in [4.78, 5) is 3.45. The number of hydrogen-bond acceptors (Lipinski definition) is 6. The van der Waals surface area contributed by atoms with E-state index in [0.29, 0.717) is 16.8 Å². The number of H-pyrrole nitrogens is 2. The number of methoxy groups -OCH3 is 1. The Morgan fingerprint density at radius 1 is 1.06 bits per heavy atom. The average molecular weight is 534 g/mol. The van der Waals surface area contributed by atoms with Crippen molar-refractivity contribution in [2.45, 2.75) is 10.6 Å². The van der Waals surface area contributed by atoms with E-state index in [2.05, 4.69) is 25.4 Å². The Morgan fingerprint density at radius 2 is 1.86 bits per heavy atom. The maximum atomic E-state index is 15.5. The van der Waals surface area contributed by atoms with Gasteiger partial charge in [0, 0.05) is 28.9 Å². The van der Waals surface area contributed by atoms with E-state index in [-0.39, 0.29) is 26.9 Å². The molecule has 8 nitrogen and oxygen atoms in total. The van der Waals surface area contributed by atoms with Gasteiger partial charge in [-0.2, -0.15) is 10.2 Å². The lowest BCUT2D eigenvalue weighted by molar-refractivity contribution is 0.385. The van der Waals surface area contributed by atoms with Crippen molar-refractivity contribution >= 4 is 32.3 Å². The van der Waals surface area contributed by atoms with E-state index in [4.69, 9.17) is 16.3 Å². The molecule has 2 aromatic carbocycles. The first kappa shape index (κ1) is 23.8. The lowest BCUT2D eigenvalue weighted by atomic mass is 9.99. The van der Waals surface area contributed by atoms with E-state index in [0.717, 1.165) is 18.2 Å². The van der Waals surface area contributed by atoms with Gasteiger partial charge < -0.3 is 4.74 Å². The van der Waals surface area contributed by atoms with Crippen LogP contribution in [0.15, 0.2) is 53.7 Å². The Kier molecular flexibility index (Phi) is 5.92. The summed E-state index contributed by atoms with van der Waals surface area (Å²) in [6.45, 7) is 0. The lowest BCUT2D eigenvalue weighted by Crippen LogP contribution is -2.10. The first-order valence-corrected chi connectivity index (χ1v) is 12.3. The van der Waals surface area contributed by atoms with E-state index in [1.165, 1.54) is 31.6 Å². The number of fused-ring (bicyclic) bond motifs is 1. The summed E-state index contributed by atoms with van der Waals surface area (Å²) >= 11 is 5.88. The van der Waals surface area contributed by atoms with Gasteiger partial charge in [-0.3, -0.25) is 10.2 Å². The molecule has 184 valence electrons. The third kappa shape index (κ3) is 3.97. The lowest BCUT2D eigenvalue weighted by Gasteiger charge is -2.13. The minimum absolute atomic E-state index is 0.0264. The zero-order chi connectivity index (χ0) is 25.6. The molecule has 2 N–H and O–H groups in total. The van der Waals surface area contributed by atoms with Crippen LogP contribution in [0.2, 0.25) is 5.02 Å². The first-order valence-electron chi connectivity index (χ1n) is 10.3. The fourth-order valence-corrected chi connectivity index (χ4v) is 5.58. The van der Waals surface area contributed by atoms with Crippen LogP contribution in [0.5, 0.6) is 5.88 Å². The zero-order valence-corrected chi connectivity index (χ0v) is 19.9. The third-order valence-electron chi connectivity index (χ3n) is 5.53. The van der Waals surface area contributed by atoms with Crippen LogP contribution < -0.4 is 4.74 Å². The molecule has 5 aromatic rings. The van der Waals surface area contributed by atoms with E-state index >= 15 is 8.78 Å². The molecule has 0 saturated carbocycles. The maximum absolute atomic E-state index is 15.5. The smallest absolute Gasteiger partial charge is 0.232 e. The molecule has 0 radical (unpaired) electrons. The van der Waals surface area contributed by atoms with Gasteiger partial charge in [0.05, 0.1) is 34.8 Å². The highest BCUT2D eigenvalue weighted by Crippen LogP contribution is 2.36. The average Bonchev–Trinajstić information content (AvgIpc) is 3.52. The zero-order valence-electron chi connectivity index (χ0n) is 18.3. The molecule has 0 bridgehead atoms. The molecule has 0 unspecified atom stereocenters. The highest BCUT2D eigenvalue weighted by atomic mass is 35.5. The summed E-state index contributed by atoms with van der Waals surface area (Å²) in [6, 6.07) is 7.29. The van der Waals surface area contributed by atoms with Crippen LogP contribution in [0.1, 0.15) is 5.56 Å². The Balaban J connectivity index is 1.60. The first-order chi connectivity index (χ1) is 17.2. The molecule has 5 rings (SSSR count). The SMILES string of the molecule is COc1ncc(Cl)cc1S(=O)(=O)Cc1ccc(F)c(-c2ccc3c(-c4ccn[nH]4)[nH]nc3c2F)c1F. The number of hydrogen-bond donors (Lipinski definition) is 2. The highest BCUT2D eigenvalue weighted by Gasteiger charge is 2.27. The second-order valence-corrected chi connectivity index (χ2v) is 10.1. The molecule has 0 aliphatic carbocycles. The number of halogens is 4. The summed E-state index contributed by atoms with van der Waals surface area (Å²) in [5.41, 5.74) is -0.680. The van der Waals surface area contributed by atoms with Crippen molar-refractivity contribution in [3.05, 3.63) is 76.8 Å². The largest absolute Gasteiger partial charge is 0.480 e. The standard InChI is InChI=1S/C23H15ClF3N5O3S/c1-35-23-17(8-12(24)9-28-23)36(33,34)10-11-2-5-15(25)18(19(11)26)13-3-4-14-21(16-6-7-29-30-16)31-32-22(14)20(13)27/h2-9H,10H2,1H3,(H,29,30)(H,31,32). The molecule has 0 spiro atoms. The third-order valence-corrected chi connectivity index (χ3v) is 7.39. The van der Waals surface area contributed by atoms with Crippen LogP contribution in [0, 0.1) is 17.5 Å². The van der Waals surface area contributed by atoms with Crippen LogP contribution in [0.3, 0.4) is 0 Å². The van der Waals surface area contributed by atoms with Crippen LogP contribution in [0.4, 0.5) is 13.2 Å². The van der Waals surface area contributed by atoms with Crippen molar-refractivity contribution in [1.82, 2.24) is 25.4 Å². The molecule has 0 aliphatic rings. The number of nitrogens with zero attached hydrogens (tertiary/aromatic N) is 3. The number of pyridine rings is 1. The van der Waals surface area contributed by atoms with Gasteiger partial charge in [0.25, 0.3) is 0 Å². The second-order valence-electron chi connectivity index (χ2n) is 7.71. The summed E-state index contributed by atoms with van der Waals surface area (Å²) in [6.07, 6.45) is 2.70. The minimum Gasteiger partial charge on any atom is -0.480 e. The number of sulfone groups is 1. The summed E-state index contributed by atoms with van der Waals surface area (Å²) in [7, 11) is -3.01. The molecule has 0 amide bonds. The van der Waals surface area contributed by atoms with E-state index in [1.807, 2.05) is 0 Å². The van der Waals surface area contributed by atoms with Gasteiger partial charge in [-0.05, 0) is 24.3 Å². The van der Waals surface area contributed by atoms with Gasteiger partial charge in [0.2, 0.25) is 5.88 Å². The molecule has 36 heavy (non-hydrogen) atoms. The molecule has 3 aromatic heterocycles. The van der Waals surface area contributed by atoms with Crippen molar-refractivity contribution in [1.29, 1.82) is 0 Å². The Bertz CT molecular complexity index is 1720. The van der Waals surface area contributed by atoms with Crippen molar-refractivity contribution < 1.29 is 26.3 Å². The number of aromatic nitrogens is 5. The summed E-state index contributed by atoms with van der Waals surface area (Å²) in [5.74, 6) is -4.38. The number of ether oxygens (including phenoxy) is 1. The quantitative estimate of drug-likeness (QED) is 0.315. The van der Waals surface area contributed by atoms with Crippen LogP contribution in [-0.2, 0) is 15.6 Å². The van der Waals surface area contributed by atoms with Gasteiger partial charge in [0.1, 0.15) is 22.0 Å². The summed E-state index contributed by atoms with van der Waals surface area (Å²) < 4.78 is 76.9. The molecule has 0 aliphatic heterocycles. The van der Waals surface area contributed by atoms with Crippen LogP contribution in [-0.4, -0.2) is 40.9 Å². The van der Waals surface area contributed by atoms with Gasteiger partial charge in [0.15, 0.2) is 15.7 Å². The highest BCUT2D eigenvalue weighted by molar-refractivity contribution is 7.90. The van der Waals surface area contributed by atoms with E-state index in [9.17, 15) is 12.8 Å². The normalized spacial score (nSPS) is 11.8. The van der Waals surface area contributed by atoms with Crippen molar-refractivity contribution in [2.24, 2.45) is 0 Å². The van der Waals surface area contributed by atoms with E-state index < -0.39 is 44.2 Å². The van der Waals surface area contributed by atoms with Gasteiger partial charge >= 0.3 is 0 Å². The Morgan fingerprint density at radius 3 is 2.58 bits per heavy atom. The Hall–Kier alpha value is -3.90. The Labute approximate surface area is 207 Å². The maximum Gasteiger partial charge on any atom is 0.232 e. The number of rotatable bonds is 6. The predicted octanol–water partition coefficient (Wildman–Crippen LogP) is 5.07. The number of nitrogens with one attached hydrogen (secondary N) is 2. The van der Waals surface area contributed by atoms with Crippen molar-refractivity contribution in [3.63, 3.8) is 0 Å². The minimum atomic E-state index is -4.23. The topological polar surface area (TPSA) is 114 Å². The summed E-state index contributed by atoms with van der Waals surface area (Å²) in [5, 5.41) is 13.6. The van der Waals surface area contributed by atoms with Gasteiger partial charge in [-0.25, -0.2) is 26.6 Å². The molecule has 3 heterocycles. The fraction of sp³-hybridized carbons (Fsp3) is 0.0870. The molecule has 0 atom stereocenters. The van der Waals surface area contributed by atoms with Crippen LogP contribution in [0.25, 0.3) is 33.4 Å². The molecule has 13 heteroatoms. The molecular weight excluding hydrogens is 519 g/mol. The van der Waals surface area contributed by atoms with Crippen molar-refractivity contribution in [2.75, 3.05) is 7.11 Å². The molecular formula is C23H15ClF3N5O3S. The number of benzene rings is 2. The monoisotopic (exact) mass is 533 g/mol. The number of aromatic amines is 2. The molecule has 0 saturated heterocycles. The van der Waals surface area contributed by atoms with Crippen LogP contribution >= 0.6 is 11.6 Å². The van der Waals surface area contributed by atoms with Gasteiger partial charge in [-0.1, -0.05) is 23.7 Å². The second kappa shape index (κ2) is 8.95. The van der Waals surface area contributed by atoms with Crippen molar-refractivity contribution in [3.8, 4) is 28.4 Å². The fourth-order valence-electron chi connectivity index (χ4n) is 3.86.